The summed E-state index contributed by atoms with van der Waals surface area (Å²) in [5, 5.41) is 4.30. The molecule has 0 fully saturated rings. The van der Waals surface area contributed by atoms with Gasteiger partial charge in [0.2, 0.25) is 0 Å². The van der Waals surface area contributed by atoms with E-state index in [-0.39, 0.29) is 4.90 Å². The van der Waals surface area contributed by atoms with Gasteiger partial charge in [0.1, 0.15) is 0 Å². The standard InChI is InChI=1S/C21H18N2O2S/c1-14-11-12-15(2)20(13-14)26(24,25)23-22-21-18-9-5-3-7-16(18)17-8-4-6-10-19(17)21/h3-13,23H,1-2H3. The number of hydrazone groups is 1. The molecule has 1 aliphatic rings. The molecule has 0 amide bonds. The number of aryl methyl sites for hydroxylation is 2. The minimum absolute atomic E-state index is 0.251. The van der Waals surface area contributed by atoms with Crippen molar-refractivity contribution in [2.45, 2.75) is 18.7 Å². The topological polar surface area (TPSA) is 58.5 Å². The molecule has 0 heterocycles. The smallest absolute Gasteiger partial charge is 0.200 e. The van der Waals surface area contributed by atoms with Gasteiger partial charge in [-0.3, -0.25) is 0 Å². The summed E-state index contributed by atoms with van der Waals surface area (Å²) in [6, 6.07) is 21.1. The number of hydrogen-bond donors (Lipinski definition) is 1. The zero-order chi connectivity index (χ0) is 18.3. The van der Waals surface area contributed by atoms with Gasteiger partial charge < -0.3 is 0 Å². The van der Waals surface area contributed by atoms with Crippen molar-refractivity contribution in [2.24, 2.45) is 5.10 Å². The van der Waals surface area contributed by atoms with Crippen LogP contribution in [-0.4, -0.2) is 14.1 Å². The van der Waals surface area contributed by atoms with E-state index in [1.165, 1.54) is 0 Å². The fraction of sp³-hybridized carbons (Fsp3) is 0.0952. The summed E-state index contributed by atoms with van der Waals surface area (Å²) in [7, 11) is -3.74. The highest BCUT2D eigenvalue weighted by atomic mass is 32.2. The molecule has 3 aromatic rings. The minimum atomic E-state index is -3.74. The van der Waals surface area contributed by atoms with E-state index in [0.29, 0.717) is 11.3 Å². The third-order valence-electron chi connectivity index (χ3n) is 4.57. The van der Waals surface area contributed by atoms with Crippen LogP contribution in [0.15, 0.2) is 76.7 Å². The van der Waals surface area contributed by atoms with E-state index in [0.717, 1.165) is 27.8 Å². The van der Waals surface area contributed by atoms with Gasteiger partial charge in [0, 0.05) is 11.1 Å². The van der Waals surface area contributed by atoms with Crippen LogP contribution in [0.4, 0.5) is 0 Å². The first-order valence-corrected chi connectivity index (χ1v) is 9.81. The van der Waals surface area contributed by atoms with Crippen molar-refractivity contribution in [3.63, 3.8) is 0 Å². The Morgan fingerprint density at radius 2 is 1.31 bits per heavy atom. The average molecular weight is 362 g/mol. The summed E-state index contributed by atoms with van der Waals surface area (Å²) in [5.74, 6) is 0. The van der Waals surface area contributed by atoms with Crippen molar-refractivity contribution >= 4 is 15.7 Å². The van der Waals surface area contributed by atoms with E-state index in [2.05, 4.69) is 9.93 Å². The predicted molar refractivity (Wildman–Crippen MR) is 104 cm³/mol. The van der Waals surface area contributed by atoms with E-state index in [4.69, 9.17) is 0 Å². The van der Waals surface area contributed by atoms with Crippen LogP contribution in [-0.2, 0) is 10.0 Å². The number of hydrogen-bond acceptors (Lipinski definition) is 3. The summed E-state index contributed by atoms with van der Waals surface area (Å²) in [6.07, 6.45) is 0. The Morgan fingerprint density at radius 3 is 1.88 bits per heavy atom. The summed E-state index contributed by atoms with van der Waals surface area (Å²) in [5.41, 5.74) is 6.20. The van der Waals surface area contributed by atoms with Gasteiger partial charge in [0.25, 0.3) is 10.0 Å². The first kappa shape index (κ1) is 16.5. The van der Waals surface area contributed by atoms with Crippen LogP contribution < -0.4 is 4.83 Å². The van der Waals surface area contributed by atoms with Crippen LogP contribution in [0.3, 0.4) is 0 Å². The minimum Gasteiger partial charge on any atom is -0.200 e. The van der Waals surface area contributed by atoms with Crippen LogP contribution in [0.1, 0.15) is 22.3 Å². The lowest BCUT2D eigenvalue weighted by Gasteiger charge is -2.09. The zero-order valence-electron chi connectivity index (χ0n) is 14.5. The first-order valence-electron chi connectivity index (χ1n) is 8.33. The van der Waals surface area contributed by atoms with Gasteiger partial charge in [0.15, 0.2) is 0 Å². The summed E-state index contributed by atoms with van der Waals surface area (Å²) < 4.78 is 25.5. The average Bonchev–Trinajstić information content (AvgIpc) is 2.96. The molecule has 0 saturated heterocycles. The molecule has 130 valence electrons. The number of nitrogens with zero attached hydrogens (tertiary/aromatic N) is 1. The molecule has 0 saturated carbocycles. The Bertz CT molecular complexity index is 1100. The second kappa shape index (κ2) is 6.11. The van der Waals surface area contributed by atoms with Crippen LogP contribution in [0.25, 0.3) is 11.1 Å². The van der Waals surface area contributed by atoms with Crippen molar-refractivity contribution in [1.82, 2.24) is 4.83 Å². The lowest BCUT2D eigenvalue weighted by molar-refractivity contribution is 0.584. The van der Waals surface area contributed by atoms with Gasteiger partial charge >= 0.3 is 0 Å². The molecular formula is C21H18N2O2S. The molecule has 4 nitrogen and oxygen atoms in total. The Kier molecular flexibility index (Phi) is 3.89. The van der Waals surface area contributed by atoms with Gasteiger partial charge in [-0.1, -0.05) is 60.7 Å². The van der Waals surface area contributed by atoms with Crippen LogP contribution in [0.2, 0.25) is 0 Å². The summed E-state index contributed by atoms with van der Waals surface area (Å²) in [4.78, 5) is 2.68. The van der Waals surface area contributed by atoms with Gasteiger partial charge in [-0.05, 0) is 42.2 Å². The molecule has 0 radical (unpaired) electrons. The van der Waals surface area contributed by atoms with Crippen LogP contribution in [0, 0.1) is 13.8 Å². The van der Waals surface area contributed by atoms with Gasteiger partial charge in [-0.25, -0.2) is 0 Å². The summed E-state index contributed by atoms with van der Waals surface area (Å²) in [6.45, 7) is 3.65. The van der Waals surface area contributed by atoms with E-state index in [1.807, 2.05) is 61.5 Å². The van der Waals surface area contributed by atoms with Crippen LogP contribution >= 0.6 is 0 Å². The SMILES string of the molecule is Cc1ccc(C)c(S(=O)(=O)NN=C2c3ccccc3-c3ccccc32)c1. The molecule has 0 spiro atoms. The quantitative estimate of drug-likeness (QED) is 0.560. The van der Waals surface area contributed by atoms with Crippen molar-refractivity contribution in [2.75, 3.05) is 0 Å². The van der Waals surface area contributed by atoms with Crippen molar-refractivity contribution in [3.05, 3.63) is 89.0 Å². The number of rotatable bonds is 3. The molecule has 0 aliphatic heterocycles. The fourth-order valence-electron chi connectivity index (χ4n) is 3.27. The van der Waals surface area contributed by atoms with Crippen molar-refractivity contribution in [1.29, 1.82) is 0 Å². The normalized spacial score (nSPS) is 12.5. The molecular weight excluding hydrogens is 344 g/mol. The van der Waals surface area contributed by atoms with E-state index < -0.39 is 10.0 Å². The second-order valence-electron chi connectivity index (χ2n) is 6.42. The Morgan fingerprint density at radius 1 is 0.769 bits per heavy atom. The maximum absolute atomic E-state index is 12.8. The number of fused-ring (bicyclic) bond motifs is 3. The molecule has 0 bridgehead atoms. The molecule has 0 aromatic heterocycles. The Labute approximate surface area is 153 Å². The second-order valence-corrected chi connectivity index (χ2v) is 8.04. The monoisotopic (exact) mass is 362 g/mol. The lowest BCUT2D eigenvalue weighted by atomic mass is 10.1. The van der Waals surface area contributed by atoms with Crippen molar-refractivity contribution < 1.29 is 8.42 Å². The maximum Gasteiger partial charge on any atom is 0.276 e. The first-order chi connectivity index (χ1) is 12.5. The van der Waals surface area contributed by atoms with Gasteiger partial charge in [-0.15, -0.1) is 0 Å². The largest absolute Gasteiger partial charge is 0.276 e. The lowest BCUT2D eigenvalue weighted by Crippen LogP contribution is -2.21. The number of sulfonamides is 1. The molecule has 26 heavy (non-hydrogen) atoms. The molecule has 1 aliphatic carbocycles. The number of benzene rings is 3. The molecule has 3 aromatic carbocycles. The summed E-state index contributed by atoms with van der Waals surface area (Å²) >= 11 is 0. The van der Waals surface area contributed by atoms with E-state index in [9.17, 15) is 8.42 Å². The van der Waals surface area contributed by atoms with E-state index in [1.54, 1.807) is 19.1 Å². The third kappa shape index (κ3) is 2.70. The van der Waals surface area contributed by atoms with Crippen molar-refractivity contribution in [3.8, 4) is 11.1 Å². The van der Waals surface area contributed by atoms with E-state index >= 15 is 0 Å². The van der Waals surface area contributed by atoms with Crippen LogP contribution in [0.5, 0.6) is 0 Å². The molecule has 4 rings (SSSR count). The predicted octanol–water partition coefficient (Wildman–Crippen LogP) is 4.01. The van der Waals surface area contributed by atoms with Gasteiger partial charge in [-0.2, -0.15) is 18.4 Å². The molecule has 1 N–H and O–H groups in total. The molecule has 0 unspecified atom stereocenters. The molecule has 0 atom stereocenters. The maximum atomic E-state index is 12.8. The highest BCUT2D eigenvalue weighted by Gasteiger charge is 2.25. The zero-order valence-corrected chi connectivity index (χ0v) is 15.3. The Balaban J connectivity index is 1.79. The molecule has 5 heteroatoms. The Hall–Kier alpha value is -2.92. The fourth-order valence-corrected chi connectivity index (χ4v) is 4.41. The number of nitrogens with one attached hydrogen (secondary N) is 1. The highest BCUT2D eigenvalue weighted by molar-refractivity contribution is 7.89. The highest BCUT2D eigenvalue weighted by Crippen LogP contribution is 2.36. The van der Waals surface area contributed by atoms with Gasteiger partial charge in [0.05, 0.1) is 10.6 Å². The third-order valence-corrected chi connectivity index (χ3v) is 5.92.